The number of carbonyl (C=O) groups is 2. The summed E-state index contributed by atoms with van der Waals surface area (Å²) in [7, 11) is 1.21. The summed E-state index contributed by atoms with van der Waals surface area (Å²) in [4.78, 5) is 21.4. The van der Waals surface area contributed by atoms with Crippen LogP contribution in [0.5, 0.6) is 0 Å². The third kappa shape index (κ3) is 4.18. The first kappa shape index (κ1) is 11.2. The van der Waals surface area contributed by atoms with Crippen LogP contribution in [0.1, 0.15) is 13.3 Å². The molecule has 0 heterocycles. The van der Waals surface area contributed by atoms with Crippen LogP contribution in [-0.4, -0.2) is 31.0 Å². The summed E-state index contributed by atoms with van der Waals surface area (Å²) >= 11 is 5.49. The molecule has 0 saturated heterocycles. The molecule has 1 atom stereocenters. The monoisotopic (exact) mass is 194 g/mol. The van der Waals surface area contributed by atoms with Crippen molar-refractivity contribution < 1.29 is 19.1 Å². The molecule has 0 aromatic heterocycles. The van der Waals surface area contributed by atoms with Crippen LogP contribution in [0, 0.1) is 0 Å². The van der Waals surface area contributed by atoms with Crippen LogP contribution in [0.25, 0.3) is 0 Å². The molecular formula is C7H11ClO4. The molecule has 0 spiro atoms. The van der Waals surface area contributed by atoms with Crippen molar-refractivity contribution in [3.63, 3.8) is 0 Å². The predicted octanol–water partition coefficient (Wildman–Crippen LogP) is 0.720. The molecule has 12 heavy (non-hydrogen) atoms. The minimum atomic E-state index is -0.950. The van der Waals surface area contributed by atoms with Gasteiger partial charge in [0.2, 0.25) is 0 Å². The summed E-state index contributed by atoms with van der Waals surface area (Å²) in [5.74, 6) is -1.12. The van der Waals surface area contributed by atoms with Crippen molar-refractivity contribution in [3.8, 4) is 0 Å². The standard InChI is InChI=1S/C7H11ClO4/c1-3-12-6(9)4-5(8)7(10)11-2/h5H,3-4H2,1-2H3. The Morgan fingerprint density at radius 1 is 1.50 bits per heavy atom. The third-order valence-electron chi connectivity index (χ3n) is 1.11. The van der Waals surface area contributed by atoms with Crippen LogP contribution in [0.15, 0.2) is 0 Å². The van der Waals surface area contributed by atoms with Crippen molar-refractivity contribution in [1.82, 2.24) is 0 Å². The van der Waals surface area contributed by atoms with Gasteiger partial charge in [-0.2, -0.15) is 0 Å². The summed E-state index contributed by atoms with van der Waals surface area (Å²) in [6.07, 6.45) is -0.151. The molecule has 0 radical (unpaired) electrons. The summed E-state index contributed by atoms with van der Waals surface area (Å²) in [6, 6.07) is 0. The summed E-state index contributed by atoms with van der Waals surface area (Å²) < 4.78 is 8.89. The molecule has 0 aromatic carbocycles. The molecule has 0 aliphatic heterocycles. The molecule has 4 nitrogen and oxygen atoms in total. The smallest absolute Gasteiger partial charge is 0.324 e. The number of hydrogen-bond donors (Lipinski definition) is 0. The van der Waals surface area contributed by atoms with Gasteiger partial charge in [0, 0.05) is 0 Å². The summed E-state index contributed by atoms with van der Waals surface area (Å²) in [5, 5.41) is -0.950. The van der Waals surface area contributed by atoms with E-state index in [9.17, 15) is 9.59 Å². The lowest BCUT2D eigenvalue weighted by Crippen LogP contribution is -2.21. The highest BCUT2D eigenvalue weighted by atomic mass is 35.5. The largest absolute Gasteiger partial charge is 0.468 e. The number of carbonyl (C=O) groups excluding carboxylic acids is 2. The second-order valence-corrected chi connectivity index (χ2v) is 2.53. The van der Waals surface area contributed by atoms with Crippen molar-refractivity contribution >= 4 is 23.5 Å². The molecule has 0 amide bonds. The van der Waals surface area contributed by atoms with Crippen LogP contribution in [0.3, 0.4) is 0 Å². The van der Waals surface area contributed by atoms with Gasteiger partial charge in [0.05, 0.1) is 20.1 Å². The van der Waals surface area contributed by atoms with Crippen LogP contribution in [-0.2, 0) is 19.1 Å². The number of rotatable bonds is 4. The average molecular weight is 195 g/mol. The van der Waals surface area contributed by atoms with Gasteiger partial charge in [0.1, 0.15) is 5.38 Å². The SMILES string of the molecule is CCOC(=O)CC(Cl)C(=O)OC. The lowest BCUT2D eigenvalue weighted by molar-refractivity contribution is -0.148. The highest BCUT2D eigenvalue weighted by Crippen LogP contribution is 2.05. The number of alkyl halides is 1. The number of halogens is 1. The molecule has 0 rings (SSSR count). The second kappa shape index (κ2) is 5.83. The molecule has 0 N–H and O–H groups in total. The van der Waals surface area contributed by atoms with Gasteiger partial charge in [0.25, 0.3) is 0 Å². The van der Waals surface area contributed by atoms with Crippen molar-refractivity contribution in [3.05, 3.63) is 0 Å². The zero-order chi connectivity index (χ0) is 9.56. The molecule has 0 saturated carbocycles. The maximum absolute atomic E-state index is 10.8. The Balaban J connectivity index is 3.75. The number of esters is 2. The fourth-order valence-electron chi connectivity index (χ4n) is 0.577. The van der Waals surface area contributed by atoms with Crippen molar-refractivity contribution in [2.45, 2.75) is 18.7 Å². The lowest BCUT2D eigenvalue weighted by Gasteiger charge is -2.05. The Morgan fingerprint density at radius 3 is 2.50 bits per heavy atom. The Bertz CT molecular complexity index is 169. The molecule has 0 aromatic rings. The summed E-state index contributed by atoms with van der Waals surface area (Å²) in [6.45, 7) is 1.96. The molecule has 1 unspecified atom stereocenters. The Kier molecular flexibility index (Phi) is 5.45. The van der Waals surface area contributed by atoms with E-state index >= 15 is 0 Å². The van der Waals surface area contributed by atoms with E-state index in [1.165, 1.54) is 7.11 Å². The van der Waals surface area contributed by atoms with Crippen molar-refractivity contribution in [2.75, 3.05) is 13.7 Å². The van der Waals surface area contributed by atoms with E-state index in [4.69, 9.17) is 11.6 Å². The average Bonchev–Trinajstić information content (AvgIpc) is 2.03. The minimum Gasteiger partial charge on any atom is -0.468 e. The Morgan fingerprint density at radius 2 is 2.08 bits per heavy atom. The van der Waals surface area contributed by atoms with Crippen LogP contribution < -0.4 is 0 Å². The molecule has 70 valence electrons. The summed E-state index contributed by atoms with van der Waals surface area (Å²) in [5.41, 5.74) is 0. The fraction of sp³-hybridized carbons (Fsp3) is 0.714. The fourth-order valence-corrected chi connectivity index (χ4v) is 0.793. The Hall–Kier alpha value is -0.770. The van der Waals surface area contributed by atoms with Crippen molar-refractivity contribution in [2.24, 2.45) is 0 Å². The molecule has 0 aliphatic carbocycles. The topological polar surface area (TPSA) is 52.6 Å². The van der Waals surface area contributed by atoms with E-state index in [1.807, 2.05) is 0 Å². The van der Waals surface area contributed by atoms with Gasteiger partial charge in [-0.25, -0.2) is 0 Å². The van der Waals surface area contributed by atoms with E-state index in [0.29, 0.717) is 0 Å². The first-order valence-corrected chi connectivity index (χ1v) is 3.93. The van der Waals surface area contributed by atoms with Gasteiger partial charge in [0.15, 0.2) is 0 Å². The first-order chi connectivity index (χ1) is 5.61. The molecule has 5 heteroatoms. The van der Waals surface area contributed by atoms with E-state index in [2.05, 4.69) is 9.47 Å². The zero-order valence-corrected chi connectivity index (χ0v) is 7.76. The quantitative estimate of drug-likeness (QED) is 0.489. The van der Waals surface area contributed by atoms with Gasteiger partial charge in [-0.3, -0.25) is 9.59 Å². The van der Waals surface area contributed by atoms with Gasteiger partial charge in [-0.05, 0) is 6.92 Å². The normalized spacial score (nSPS) is 11.9. The minimum absolute atomic E-state index is 0.151. The van der Waals surface area contributed by atoms with E-state index in [0.717, 1.165) is 0 Å². The first-order valence-electron chi connectivity index (χ1n) is 3.49. The van der Waals surface area contributed by atoms with Crippen LogP contribution in [0.2, 0.25) is 0 Å². The van der Waals surface area contributed by atoms with E-state index in [-0.39, 0.29) is 13.0 Å². The maximum Gasteiger partial charge on any atom is 0.324 e. The predicted molar refractivity (Wildman–Crippen MR) is 42.9 cm³/mol. The van der Waals surface area contributed by atoms with Gasteiger partial charge >= 0.3 is 11.9 Å². The van der Waals surface area contributed by atoms with Crippen molar-refractivity contribution in [1.29, 1.82) is 0 Å². The van der Waals surface area contributed by atoms with Gasteiger partial charge < -0.3 is 9.47 Å². The number of ether oxygens (including phenoxy) is 2. The van der Waals surface area contributed by atoms with Crippen LogP contribution in [0.4, 0.5) is 0 Å². The highest BCUT2D eigenvalue weighted by Gasteiger charge is 2.20. The molecule has 0 fully saturated rings. The maximum atomic E-state index is 10.8. The lowest BCUT2D eigenvalue weighted by atomic mass is 10.3. The Labute approximate surface area is 75.8 Å². The second-order valence-electron chi connectivity index (χ2n) is 2.00. The van der Waals surface area contributed by atoms with E-state index < -0.39 is 17.3 Å². The third-order valence-corrected chi connectivity index (χ3v) is 1.44. The number of methoxy groups -OCH3 is 1. The zero-order valence-electron chi connectivity index (χ0n) is 7.00. The van der Waals surface area contributed by atoms with E-state index in [1.54, 1.807) is 6.92 Å². The number of hydrogen-bond acceptors (Lipinski definition) is 4. The molecular weight excluding hydrogens is 184 g/mol. The van der Waals surface area contributed by atoms with Crippen LogP contribution >= 0.6 is 11.6 Å². The van der Waals surface area contributed by atoms with Gasteiger partial charge in [-0.1, -0.05) is 0 Å². The molecule has 0 aliphatic rings. The molecule has 0 bridgehead atoms. The highest BCUT2D eigenvalue weighted by molar-refractivity contribution is 6.30. The van der Waals surface area contributed by atoms with Gasteiger partial charge in [-0.15, -0.1) is 11.6 Å².